The minimum Gasteiger partial charge on any atom is -0.374 e. The summed E-state index contributed by atoms with van der Waals surface area (Å²) in [7, 11) is 3.83. The zero-order valence-corrected chi connectivity index (χ0v) is 7.51. The quantitative estimate of drug-likeness (QED) is 0.560. The van der Waals surface area contributed by atoms with E-state index in [-0.39, 0.29) is 0 Å². The minimum absolute atomic E-state index is 1.23. The van der Waals surface area contributed by atoms with Crippen molar-refractivity contribution in [2.45, 2.75) is 12.8 Å². The van der Waals surface area contributed by atoms with E-state index in [0.29, 0.717) is 0 Å². The second kappa shape index (κ2) is 3.09. The highest BCUT2D eigenvalue weighted by Gasteiger charge is 2.17. The van der Waals surface area contributed by atoms with Gasteiger partial charge in [0.25, 0.3) is 0 Å². The van der Waals surface area contributed by atoms with E-state index in [4.69, 9.17) is 0 Å². The molecule has 0 aromatic rings. The van der Waals surface area contributed by atoms with Crippen molar-refractivity contribution in [3.05, 3.63) is 11.1 Å². The Kier molecular flexibility index (Phi) is 2.14. The fraction of sp³-hybridized carbons (Fsp3) is 0.714. The highest BCUT2D eigenvalue weighted by atomic mass is 33.1. The van der Waals surface area contributed by atoms with E-state index in [9.17, 15) is 0 Å². The topological polar surface area (TPSA) is 3.24 Å². The average molecular weight is 173 g/mol. The lowest BCUT2D eigenvalue weighted by molar-refractivity contribution is 0.432. The SMILES string of the molecule is C1=C(N2CCCC2)CSS1. The van der Waals surface area contributed by atoms with Gasteiger partial charge in [-0.25, -0.2) is 0 Å². The summed E-state index contributed by atoms with van der Waals surface area (Å²) < 4.78 is 0. The predicted molar refractivity (Wildman–Crippen MR) is 48.9 cm³/mol. The second-order valence-electron chi connectivity index (χ2n) is 2.66. The highest BCUT2D eigenvalue weighted by Crippen LogP contribution is 2.36. The summed E-state index contributed by atoms with van der Waals surface area (Å²) >= 11 is 0. The summed E-state index contributed by atoms with van der Waals surface area (Å²) in [5.74, 6) is 1.23. The van der Waals surface area contributed by atoms with Gasteiger partial charge in [-0.05, 0) is 12.8 Å². The lowest BCUT2D eigenvalue weighted by Crippen LogP contribution is -2.18. The largest absolute Gasteiger partial charge is 0.374 e. The maximum atomic E-state index is 2.52. The van der Waals surface area contributed by atoms with Crippen LogP contribution in [-0.4, -0.2) is 23.7 Å². The van der Waals surface area contributed by atoms with Gasteiger partial charge in [-0.2, -0.15) is 0 Å². The molecule has 3 heteroatoms. The third-order valence-electron chi connectivity index (χ3n) is 1.97. The molecule has 10 heavy (non-hydrogen) atoms. The molecule has 0 spiro atoms. The molecule has 2 aliphatic rings. The van der Waals surface area contributed by atoms with E-state index in [1.54, 1.807) is 5.70 Å². The van der Waals surface area contributed by atoms with Crippen LogP contribution in [0.15, 0.2) is 11.1 Å². The van der Waals surface area contributed by atoms with Crippen LogP contribution >= 0.6 is 21.6 Å². The maximum Gasteiger partial charge on any atom is 0.0447 e. The zero-order chi connectivity index (χ0) is 6.81. The molecule has 2 aliphatic heterocycles. The van der Waals surface area contributed by atoms with Crippen molar-refractivity contribution in [2.24, 2.45) is 0 Å². The second-order valence-corrected chi connectivity index (χ2v) is 4.90. The van der Waals surface area contributed by atoms with Gasteiger partial charge in [0.2, 0.25) is 0 Å². The van der Waals surface area contributed by atoms with Crippen LogP contribution < -0.4 is 0 Å². The molecule has 0 radical (unpaired) electrons. The Balaban J connectivity index is 1.97. The van der Waals surface area contributed by atoms with Crippen LogP contribution in [0.5, 0.6) is 0 Å². The van der Waals surface area contributed by atoms with Gasteiger partial charge in [-0.1, -0.05) is 21.6 Å². The molecule has 2 heterocycles. The first-order valence-electron chi connectivity index (χ1n) is 3.69. The van der Waals surface area contributed by atoms with E-state index >= 15 is 0 Å². The molecule has 1 fully saturated rings. The van der Waals surface area contributed by atoms with Crippen molar-refractivity contribution in [2.75, 3.05) is 18.8 Å². The maximum absolute atomic E-state index is 2.52. The molecule has 1 nitrogen and oxygen atoms in total. The van der Waals surface area contributed by atoms with E-state index in [2.05, 4.69) is 10.3 Å². The number of hydrogen-bond acceptors (Lipinski definition) is 3. The minimum atomic E-state index is 1.23. The summed E-state index contributed by atoms with van der Waals surface area (Å²) in [5.41, 5.74) is 1.56. The Hall–Kier alpha value is 0.240. The van der Waals surface area contributed by atoms with Gasteiger partial charge in [0.1, 0.15) is 0 Å². The first kappa shape index (κ1) is 6.92. The molecular weight excluding hydrogens is 162 g/mol. The van der Waals surface area contributed by atoms with Gasteiger partial charge in [-0.15, -0.1) is 0 Å². The molecule has 1 saturated heterocycles. The van der Waals surface area contributed by atoms with Crippen molar-refractivity contribution in [1.29, 1.82) is 0 Å². The van der Waals surface area contributed by atoms with Crippen LogP contribution in [0, 0.1) is 0 Å². The fourth-order valence-electron chi connectivity index (χ4n) is 1.39. The summed E-state index contributed by atoms with van der Waals surface area (Å²) in [6.45, 7) is 2.60. The summed E-state index contributed by atoms with van der Waals surface area (Å²) in [4.78, 5) is 2.52. The number of rotatable bonds is 1. The zero-order valence-electron chi connectivity index (χ0n) is 5.88. The molecule has 0 N–H and O–H groups in total. The van der Waals surface area contributed by atoms with Crippen LogP contribution in [0.2, 0.25) is 0 Å². The molecule has 0 amide bonds. The van der Waals surface area contributed by atoms with E-state index in [1.807, 2.05) is 21.6 Å². The molecule has 0 aromatic heterocycles. The van der Waals surface area contributed by atoms with Crippen molar-refractivity contribution < 1.29 is 0 Å². The van der Waals surface area contributed by atoms with Crippen LogP contribution in [0.3, 0.4) is 0 Å². The number of nitrogens with zero attached hydrogens (tertiary/aromatic N) is 1. The first-order valence-corrected chi connectivity index (χ1v) is 6.07. The third-order valence-corrected chi connectivity index (χ3v) is 3.94. The summed E-state index contributed by atoms with van der Waals surface area (Å²) in [5, 5.41) is 2.30. The molecule has 0 bridgehead atoms. The third kappa shape index (κ3) is 1.30. The first-order chi connectivity index (χ1) is 4.97. The van der Waals surface area contributed by atoms with Crippen molar-refractivity contribution in [1.82, 2.24) is 4.90 Å². The monoisotopic (exact) mass is 173 g/mol. The average Bonchev–Trinajstić information content (AvgIpc) is 2.59. The van der Waals surface area contributed by atoms with Gasteiger partial charge in [0, 0.05) is 29.9 Å². The smallest absolute Gasteiger partial charge is 0.0447 e. The van der Waals surface area contributed by atoms with Gasteiger partial charge in [0.05, 0.1) is 0 Å². The van der Waals surface area contributed by atoms with E-state index in [0.717, 1.165) is 0 Å². The van der Waals surface area contributed by atoms with E-state index in [1.165, 1.54) is 31.7 Å². The lowest BCUT2D eigenvalue weighted by atomic mass is 10.4. The molecule has 0 atom stereocenters. The normalized spacial score (nSPS) is 25.6. The Labute approximate surface area is 69.6 Å². The van der Waals surface area contributed by atoms with Crippen molar-refractivity contribution >= 4 is 21.6 Å². The molecular formula is C7H11NS2. The Bertz CT molecular complexity index is 150. The number of hydrogen-bond donors (Lipinski definition) is 0. The standard InChI is InChI=1S/C7H11NS2/c1-2-4-8(3-1)7-5-9-10-6-7/h5H,1-4,6H2. The molecule has 0 aliphatic carbocycles. The molecule has 0 saturated carbocycles. The van der Waals surface area contributed by atoms with Gasteiger partial charge in [0.15, 0.2) is 0 Å². The highest BCUT2D eigenvalue weighted by molar-refractivity contribution is 8.78. The van der Waals surface area contributed by atoms with Crippen LogP contribution in [0.1, 0.15) is 12.8 Å². The van der Waals surface area contributed by atoms with E-state index < -0.39 is 0 Å². The summed E-state index contributed by atoms with van der Waals surface area (Å²) in [6.07, 6.45) is 2.79. The summed E-state index contributed by atoms with van der Waals surface area (Å²) in [6, 6.07) is 0. The van der Waals surface area contributed by atoms with Gasteiger partial charge >= 0.3 is 0 Å². The molecule has 0 aromatic carbocycles. The fourth-order valence-corrected chi connectivity index (χ4v) is 3.46. The Morgan fingerprint density at radius 2 is 2.10 bits per heavy atom. The van der Waals surface area contributed by atoms with Crippen molar-refractivity contribution in [3.63, 3.8) is 0 Å². The number of likely N-dealkylation sites (tertiary alicyclic amines) is 1. The lowest BCUT2D eigenvalue weighted by Gasteiger charge is -2.17. The molecule has 56 valence electrons. The Morgan fingerprint density at radius 1 is 1.30 bits per heavy atom. The van der Waals surface area contributed by atoms with Gasteiger partial charge in [-0.3, -0.25) is 0 Å². The predicted octanol–water partition coefficient (Wildman–Crippen LogP) is 2.32. The van der Waals surface area contributed by atoms with Crippen LogP contribution in [-0.2, 0) is 0 Å². The molecule has 2 rings (SSSR count). The Morgan fingerprint density at radius 3 is 2.70 bits per heavy atom. The van der Waals surface area contributed by atoms with Crippen LogP contribution in [0.4, 0.5) is 0 Å². The van der Waals surface area contributed by atoms with Crippen molar-refractivity contribution in [3.8, 4) is 0 Å². The molecule has 0 unspecified atom stereocenters. The van der Waals surface area contributed by atoms with Gasteiger partial charge < -0.3 is 4.90 Å². The van der Waals surface area contributed by atoms with Crippen LogP contribution in [0.25, 0.3) is 0 Å².